The van der Waals surface area contributed by atoms with Gasteiger partial charge >= 0.3 is 0 Å². The average Bonchev–Trinajstić information content (AvgIpc) is 3.17. The van der Waals surface area contributed by atoms with E-state index in [2.05, 4.69) is 5.48 Å². The van der Waals surface area contributed by atoms with E-state index in [1.54, 1.807) is 11.0 Å². The molecule has 24 heavy (non-hydrogen) atoms. The molecule has 0 aliphatic carbocycles. The third-order valence-electron chi connectivity index (χ3n) is 4.18. The third kappa shape index (κ3) is 4.02. The first-order chi connectivity index (χ1) is 11.7. The van der Waals surface area contributed by atoms with Crippen LogP contribution in [-0.4, -0.2) is 29.8 Å². The quantitative estimate of drug-likeness (QED) is 0.856. The van der Waals surface area contributed by atoms with Crippen molar-refractivity contribution in [1.29, 1.82) is 0 Å². The van der Waals surface area contributed by atoms with Crippen LogP contribution in [0, 0.1) is 5.92 Å². The normalized spacial score (nSPS) is 15.2. The molecule has 6 nitrogen and oxygen atoms in total. The number of carbonyl (C=O) groups is 2. The highest BCUT2D eigenvalue weighted by Gasteiger charge is 2.28. The fourth-order valence-electron chi connectivity index (χ4n) is 2.76. The van der Waals surface area contributed by atoms with Crippen LogP contribution in [-0.2, 0) is 16.2 Å². The molecule has 1 saturated heterocycles. The fourth-order valence-corrected chi connectivity index (χ4v) is 2.76. The largest absolute Gasteiger partial charge is 0.472 e. The van der Waals surface area contributed by atoms with Crippen LogP contribution in [0.4, 0.5) is 0 Å². The second-order valence-corrected chi connectivity index (χ2v) is 5.82. The number of nitrogens with one attached hydrogen (secondary N) is 1. The predicted octanol–water partition coefficient (Wildman–Crippen LogP) is 2.38. The molecule has 3 rings (SSSR count). The number of furan rings is 1. The smallest absolute Gasteiger partial charge is 0.257 e. The number of amides is 2. The monoisotopic (exact) mass is 328 g/mol. The van der Waals surface area contributed by atoms with Gasteiger partial charge in [0.1, 0.15) is 6.26 Å². The van der Waals surface area contributed by atoms with E-state index in [1.807, 2.05) is 30.3 Å². The van der Waals surface area contributed by atoms with E-state index in [1.165, 1.54) is 12.5 Å². The van der Waals surface area contributed by atoms with Crippen molar-refractivity contribution in [2.75, 3.05) is 13.1 Å². The number of piperidine rings is 1. The van der Waals surface area contributed by atoms with Gasteiger partial charge in [-0.05, 0) is 24.5 Å². The molecular formula is C18H20N2O4. The summed E-state index contributed by atoms with van der Waals surface area (Å²) in [7, 11) is 0. The van der Waals surface area contributed by atoms with Gasteiger partial charge < -0.3 is 9.32 Å². The van der Waals surface area contributed by atoms with Gasteiger partial charge in [-0.15, -0.1) is 0 Å². The number of nitrogens with zero attached hydrogens (tertiary/aromatic N) is 1. The second-order valence-electron chi connectivity index (χ2n) is 5.82. The molecule has 2 aromatic rings. The first-order valence-corrected chi connectivity index (χ1v) is 8.01. The summed E-state index contributed by atoms with van der Waals surface area (Å²) in [4.78, 5) is 31.4. The van der Waals surface area contributed by atoms with E-state index in [9.17, 15) is 9.59 Å². The predicted molar refractivity (Wildman–Crippen MR) is 86.7 cm³/mol. The fraction of sp³-hybridized carbons (Fsp3) is 0.333. The summed E-state index contributed by atoms with van der Waals surface area (Å²) < 4.78 is 4.94. The Hall–Kier alpha value is -2.60. The molecule has 0 bridgehead atoms. The van der Waals surface area contributed by atoms with Crippen LogP contribution in [0.2, 0.25) is 0 Å². The number of hydrogen-bond donors (Lipinski definition) is 1. The highest BCUT2D eigenvalue weighted by Crippen LogP contribution is 2.19. The lowest BCUT2D eigenvalue weighted by Crippen LogP contribution is -2.42. The third-order valence-corrected chi connectivity index (χ3v) is 4.18. The van der Waals surface area contributed by atoms with Gasteiger partial charge in [-0.1, -0.05) is 30.3 Å². The van der Waals surface area contributed by atoms with Gasteiger partial charge in [-0.2, -0.15) is 0 Å². The minimum Gasteiger partial charge on any atom is -0.472 e. The number of hydroxylamine groups is 1. The van der Waals surface area contributed by atoms with Gasteiger partial charge in [0.25, 0.3) is 5.91 Å². The van der Waals surface area contributed by atoms with Crippen molar-refractivity contribution in [3.63, 3.8) is 0 Å². The first kappa shape index (κ1) is 16.3. The lowest BCUT2D eigenvalue weighted by molar-refractivity contribution is -0.140. The Morgan fingerprint density at radius 2 is 1.92 bits per heavy atom. The van der Waals surface area contributed by atoms with Crippen LogP contribution in [0.3, 0.4) is 0 Å². The van der Waals surface area contributed by atoms with Crippen LogP contribution in [0.15, 0.2) is 53.3 Å². The molecule has 2 amide bonds. The topological polar surface area (TPSA) is 71.8 Å². The summed E-state index contributed by atoms with van der Waals surface area (Å²) in [6.07, 6.45) is 4.18. The molecule has 1 aromatic carbocycles. The Kier molecular flexibility index (Phi) is 5.28. The molecule has 1 N–H and O–H groups in total. The summed E-state index contributed by atoms with van der Waals surface area (Å²) in [6.45, 7) is 1.45. The maximum atomic E-state index is 12.2. The van der Waals surface area contributed by atoms with Gasteiger partial charge in [-0.3, -0.25) is 14.4 Å². The first-order valence-electron chi connectivity index (χ1n) is 8.01. The van der Waals surface area contributed by atoms with Crippen LogP contribution >= 0.6 is 0 Å². The zero-order valence-electron chi connectivity index (χ0n) is 13.3. The SMILES string of the molecule is O=C(NOCc1ccccc1)C1CCN(C(=O)c2ccoc2)CC1. The van der Waals surface area contributed by atoms with E-state index in [-0.39, 0.29) is 17.7 Å². The highest BCUT2D eigenvalue weighted by atomic mass is 16.6. The number of rotatable bonds is 5. The zero-order valence-corrected chi connectivity index (χ0v) is 13.3. The molecular weight excluding hydrogens is 308 g/mol. The molecule has 0 unspecified atom stereocenters. The number of benzene rings is 1. The van der Waals surface area contributed by atoms with E-state index >= 15 is 0 Å². The Morgan fingerprint density at radius 3 is 2.58 bits per heavy atom. The number of carbonyl (C=O) groups excluding carboxylic acids is 2. The van der Waals surface area contributed by atoms with Crippen LogP contribution in [0.25, 0.3) is 0 Å². The molecule has 0 spiro atoms. The minimum atomic E-state index is -0.130. The molecule has 1 aliphatic rings. The standard InChI is InChI=1S/C18H20N2O4/c21-17(19-24-12-14-4-2-1-3-5-14)15-6-9-20(10-7-15)18(22)16-8-11-23-13-16/h1-5,8,11,13,15H,6-7,9-10,12H2,(H,19,21). The number of hydrogen-bond acceptors (Lipinski definition) is 4. The van der Waals surface area contributed by atoms with Gasteiger partial charge in [0, 0.05) is 19.0 Å². The molecule has 1 aliphatic heterocycles. The van der Waals surface area contributed by atoms with E-state index < -0.39 is 0 Å². The van der Waals surface area contributed by atoms with Gasteiger partial charge in [0.15, 0.2) is 0 Å². The zero-order chi connectivity index (χ0) is 16.8. The maximum Gasteiger partial charge on any atom is 0.257 e. The highest BCUT2D eigenvalue weighted by molar-refractivity contribution is 5.94. The van der Waals surface area contributed by atoms with Crippen molar-refractivity contribution in [2.24, 2.45) is 5.92 Å². The molecule has 1 fully saturated rings. The summed E-state index contributed by atoms with van der Waals surface area (Å²) >= 11 is 0. The van der Waals surface area contributed by atoms with Crippen LogP contribution < -0.4 is 5.48 Å². The van der Waals surface area contributed by atoms with Crippen LogP contribution in [0.5, 0.6) is 0 Å². The molecule has 2 heterocycles. The Balaban J connectivity index is 1.41. The lowest BCUT2D eigenvalue weighted by atomic mass is 9.96. The van der Waals surface area contributed by atoms with E-state index in [0.717, 1.165) is 5.56 Å². The second kappa shape index (κ2) is 7.79. The molecule has 126 valence electrons. The maximum absolute atomic E-state index is 12.2. The van der Waals surface area contributed by atoms with Gasteiger partial charge in [0.2, 0.25) is 5.91 Å². The molecule has 6 heteroatoms. The Bertz CT molecular complexity index is 662. The van der Waals surface area contributed by atoms with Crippen molar-refractivity contribution in [2.45, 2.75) is 19.4 Å². The lowest BCUT2D eigenvalue weighted by Gasteiger charge is -2.30. The van der Waals surface area contributed by atoms with Crippen molar-refractivity contribution < 1.29 is 18.8 Å². The van der Waals surface area contributed by atoms with Crippen molar-refractivity contribution >= 4 is 11.8 Å². The van der Waals surface area contributed by atoms with E-state index in [0.29, 0.717) is 38.1 Å². The van der Waals surface area contributed by atoms with Crippen molar-refractivity contribution in [3.8, 4) is 0 Å². The van der Waals surface area contributed by atoms with Gasteiger partial charge in [-0.25, -0.2) is 5.48 Å². The average molecular weight is 328 g/mol. The van der Waals surface area contributed by atoms with Crippen molar-refractivity contribution in [1.82, 2.24) is 10.4 Å². The summed E-state index contributed by atoms with van der Waals surface area (Å²) in [5.41, 5.74) is 4.06. The summed E-state index contributed by atoms with van der Waals surface area (Å²) in [6, 6.07) is 11.3. The molecule has 0 atom stereocenters. The van der Waals surface area contributed by atoms with Crippen molar-refractivity contribution in [3.05, 3.63) is 60.1 Å². The summed E-state index contributed by atoms with van der Waals surface area (Å²) in [5.74, 6) is -0.307. The molecule has 0 saturated carbocycles. The van der Waals surface area contributed by atoms with Gasteiger partial charge in [0.05, 0.1) is 18.4 Å². The molecule has 0 radical (unpaired) electrons. The Morgan fingerprint density at radius 1 is 1.17 bits per heavy atom. The number of likely N-dealkylation sites (tertiary alicyclic amines) is 1. The minimum absolute atomic E-state index is 0.0528. The summed E-state index contributed by atoms with van der Waals surface area (Å²) in [5, 5.41) is 0. The van der Waals surface area contributed by atoms with Crippen LogP contribution in [0.1, 0.15) is 28.8 Å². The van der Waals surface area contributed by atoms with E-state index in [4.69, 9.17) is 9.25 Å². The molecule has 1 aromatic heterocycles. The Labute approximate surface area is 140 Å².